The topological polar surface area (TPSA) is 12.9 Å². The lowest BCUT2D eigenvalue weighted by Gasteiger charge is -2.05. The van der Waals surface area contributed by atoms with E-state index in [1.807, 2.05) is 0 Å². The van der Waals surface area contributed by atoms with Gasteiger partial charge in [-0.05, 0) is 0 Å². The summed E-state index contributed by atoms with van der Waals surface area (Å²) in [5, 5.41) is -0.0599. The van der Waals surface area contributed by atoms with Crippen LogP contribution in [0, 0.1) is 0 Å². The average molecular weight is 196 g/mol. The molecule has 12 heavy (non-hydrogen) atoms. The highest BCUT2D eigenvalue weighted by Gasteiger charge is 2.15. The molecule has 0 N–H and O–H groups in total. The van der Waals surface area contributed by atoms with Gasteiger partial charge < -0.3 is 0 Å². The first-order valence-electron chi connectivity index (χ1n) is 3.13. The van der Waals surface area contributed by atoms with Gasteiger partial charge in [-0.15, -0.1) is 0 Å². The third-order valence-electron chi connectivity index (χ3n) is 1.41. The van der Waals surface area contributed by atoms with E-state index in [0.29, 0.717) is 0 Å². The van der Waals surface area contributed by atoms with Crippen LogP contribution in [0.3, 0.4) is 0 Å². The molecule has 0 aliphatic rings. The van der Waals surface area contributed by atoms with E-state index < -0.39 is 18.7 Å². The van der Waals surface area contributed by atoms with Gasteiger partial charge in [0.15, 0.2) is 0 Å². The van der Waals surface area contributed by atoms with Crippen molar-refractivity contribution in [2.24, 2.45) is 0 Å². The van der Waals surface area contributed by atoms with E-state index in [9.17, 15) is 13.2 Å². The first-order valence-corrected chi connectivity index (χ1v) is 3.51. The minimum absolute atomic E-state index is 0.0599. The molecule has 0 amide bonds. The average Bonchev–Trinajstić information content (AvgIpc) is 2.03. The molecule has 0 saturated heterocycles. The number of hydrogen-bond acceptors (Lipinski definition) is 1. The zero-order valence-corrected chi connectivity index (χ0v) is 6.65. The molecular weight excluding hydrogens is 191 g/mol. The molecule has 0 aliphatic carbocycles. The second kappa shape index (κ2) is 3.76. The summed E-state index contributed by atoms with van der Waals surface area (Å²) in [5.41, 5.74) is -0.619. The zero-order valence-electron chi connectivity index (χ0n) is 5.90. The normalized spacial score (nSPS) is 10.8. The number of aromatic nitrogens is 1. The molecule has 0 fully saturated rings. The second-order valence-corrected chi connectivity index (χ2v) is 2.53. The lowest BCUT2D eigenvalue weighted by atomic mass is 10.1. The summed E-state index contributed by atoms with van der Waals surface area (Å²) in [5.74, 6) is 0. The van der Waals surface area contributed by atoms with Crippen LogP contribution in [-0.2, 0) is 6.67 Å². The summed E-state index contributed by atoms with van der Waals surface area (Å²) < 4.78 is 36.4. The van der Waals surface area contributed by atoms with Crippen molar-refractivity contribution in [2.45, 2.75) is 13.1 Å². The van der Waals surface area contributed by atoms with Gasteiger partial charge in [0.2, 0.25) is 0 Å². The molecule has 0 aliphatic heterocycles. The minimum Gasteiger partial charge on any atom is -0.263 e. The van der Waals surface area contributed by atoms with Crippen molar-refractivity contribution in [3.05, 3.63) is 28.5 Å². The first kappa shape index (κ1) is 9.32. The van der Waals surface area contributed by atoms with Crippen molar-refractivity contribution >= 4 is 11.6 Å². The highest BCUT2D eigenvalue weighted by molar-refractivity contribution is 6.31. The van der Waals surface area contributed by atoms with Crippen LogP contribution in [0.15, 0.2) is 12.4 Å². The number of nitrogens with zero attached hydrogens (tertiary/aromatic N) is 1. The maximum Gasteiger partial charge on any atom is 0.265 e. The Labute approximate surface area is 72.2 Å². The Morgan fingerprint density at radius 1 is 1.42 bits per heavy atom. The number of pyridine rings is 1. The Morgan fingerprint density at radius 2 is 2.08 bits per heavy atom. The lowest BCUT2D eigenvalue weighted by molar-refractivity contribution is 0.149. The van der Waals surface area contributed by atoms with Gasteiger partial charge in [0.05, 0.1) is 5.02 Å². The Hall–Kier alpha value is -0.770. The smallest absolute Gasteiger partial charge is 0.263 e. The van der Waals surface area contributed by atoms with Crippen LogP contribution in [0.25, 0.3) is 0 Å². The number of rotatable bonds is 2. The number of hydrogen-bond donors (Lipinski definition) is 0. The molecule has 1 aromatic rings. The van der Waals surface area contributed by atoms with E-state index in [4.69, 9.17) is 11.6 Å². The monoisotopic (exact) mass is 195 g/mol. The summed E-state index contributed by atoms with van der Waals surface area (Å²) in [7, 11) is 0. The van der Waals surface area contributed by atoms with E-state index in [0.717, 1.165) is 12.4 Å². The van der Waals surface area contributed by atoms with E-state index in [1.165, 1.54) is 0 Å². The quantitative estimate of drug-likeness (QED) is 0.707. The molecular formula is C7H5ClF3N. The third-order valence-corrected chi connectivity index (χ3v) is 1.73. The maximum absolute atomic E-state index is 12.2. The van der Waals surface area contributed by atoms with Gasteiger partial charge in [-0.1, -0.05) is 11.6 Å². The van der Waals surface area contributed by atoms with Crippen LogP contribution in [0.1, 0.15) is 17.6 Å². The van der Waals surface area contributed by atoms with E-state index in [-0.39, 0.29) is 10.6 Å². The van der Waals surface area contributed by atoms with Gasteiger partial charge in [0.1, 0.15) is 6.67 Å². The molecule has 1 heterocycles. The van der Waals surface area contributed by atoms with Crippen LogP contribution in [-0.4, -0.2) is 4.98 Å². The van der Waals surface area contributed by atoms with Crippen molar-refractivity contribution in [3.8, 4) is 0 Å². The number of alkyl halides is 3. The van der Waals surface area contributed by atoms with Crippen molar-refractivity contribution in [1.82, 2.24) is 4.98 Å². The zero-order chi connectivity index (χ0) is 9.14. The van der Waals surface area contributed by atoms with Crippen LogP contribution < -0.4 is 0 Å². The standard InChI is InChI=1S/C7H5ClF3N/c8-6-3-12-2-5(7(10)11)4(6)1-9/h2-3,7H,1H2. The molecule has 66 valence electrons. The molecule has 1 aromatic heterocycles. The second-order valence-electron chi connectivity index (χ2n) is 2.12. The SMILES string of the molecule is FCc1c(Cl)cncc1C(F)F. The molecule has 0 atom stereocenters. The minimum atomic E-state index is -2.73. The van der Waals surface area contributed by atoms with Gasteiger partial charge in [-0.3, -0.25) is 4.98 Å². The predicted molar refractivity (Wildman–Crippen MR) is 39.0 cm³/mol. The van der Waals surface area contributed by atoms with Crippen LogP contribution in [0.2, 0.25) is 5.02 Å². The van der Waals surface area contributed by atoms with Gasteiger partial charge in [-0.25, -0.2) is 13.2 Å². The van der Waals surface area contributed by atoms with E-state index in [1.54, 1.807) is 0 Å². The highest BCUT2D eigenvalue weighted by atomic mass is 35.5. The van der Waals surface area contributed by atoms with Gasteiger partial charge in [0.25, 0.3) is 6.43 Å². The predicted octanol–water partition coefficient (Wildman–Crippen LogP) is 3.14. The Balaban J connectivity index is 3.18. The van der Waals surface area contributed by atoms with Gasteiger partial charge >= 0.3 is 0 Å². The van der Waals surface area contributed by atoms with Gasteiger partial charge in [0, 0.05) is 23.5 Å². The van der Waals surface area contributed by atoms with Crippen LogP contribution >= 0.6 is 11.6 Å². The maximum atomic E-state index is 12.2. The number of halogens is 4. The van der Waals surface area contributed by atoms with Crippen LogP contribution in [0.5, 0.6) is 0 Å². The molecule has 0 bridgehead atoms. The van der Waals surface area contributed by atoms with E-state index >= 15 is 0 Å². The van der Waals surface area contributed by atoms with Crippen molar-refractivity contribution in [2.75, 3.05) is 0 Å². The van der Waals surface area contributed by atoms with Crippen LogP contribution in [0.4, 0.5) is 13.2 Å². The molecule has 0 saturated carbocycles. The summed E-state index contributed by atoms with van der Waals surface area (Å²) in [6.45, 7) is -0.999. The van der Waals surface area contributed by atoms with Gasteiger partial charge in [-0.2, -0.15) is 0 Å². The molecule has 5 heteroatoms. The summed E-state index contributed by atoms with van der Waals surface area (Å²) in [4.78, 5) is 3.44. The fraction of sp³-hybridized carbons (Fsp3) is 0.286. The molecule has 1 nitrogen and oxygen atoms in total. The molecule has 1 rings (SSSR count). The van der Waals surface area contributed by atoms with Crippen molar-refractivity contribution in [3.63, 3.8) is 0 Å². The summed E-state index contributed by atoms with van der Waals surface area (Å²) in [6.07, 6.45) is -0.671. The lowest BCUT2D eigenvalue weighted by Crippen LogP contribution is -1.94. The summed E-state index contributed by atoms with van der Waals surface area (Å²) >= 11 is 5.44. The molecule has 0 unspecified atom stereocenters. The molecule has 0 radical (unpaired) electrons. The Morgan fingerprint density at radius 3 is 2.50 bits per heavy atom. The Kier molecular flexibility index (Phi) is 2.92. The van der Waals surface area contributed by atoms with Crippen molar-refractivity contribution in [1.29, 1.82) is 0 Å². The third kappa shape index (κ3) is 1.69. The molecule has 0 aromatic carbocycles. The summed E-state index contributed by atoms with van der Waals surface area (Å²) in [6, 6.07) is 0. The highest BCUT2D eigenvalue weighted by Crippen LogP contribution is 2.27. The molecule has 0 spiro atoms. The van der Waals surface area contributed by atoms with Crippen molar-refractivity contribution < 1.29 is 13.2 Å². The fourth-order valence-corrected chi connectivity index (χ4v) is 1.02. The largest absolute Gasteiger partial charge is 0.265 e. The van der Waals surface area contributed by atoms with E-state index in [2.05, 4.69) is 4.98 Å². The first-order chi connectivity index (χ1) is 5.66. The fourth-order valence-electron chi connectivity index (χ4n) is 0.806. The Bertz CT molecular complexity index is 277.